The summed E-state index contributed by atoms with van der Waals surface area (Å²) in [5.74, 6) is 0.623. The van der Waals surface area contributed by atoms with E-state index >= 15 is 0 Å². The quantitative estimate of drug-likeness (QED) is 0.668. The van der Waals surface area contributed by atoms with Gasteiger partial charge in [-0.05, 0) is 50.1 Å². The number of H-pyrrole nitrogens is 1. The maximum Gasteiger partial charge on any atom is 0.258 e. The van der Waals surface area contributed by atoms with Crippen LogP contribution in [0, 0.1) is 6.92 Å². The van der Waals surface area contributed by atoms with Crippen LogP contribution in [-0.4, -0.2) is 45.5 Å². The number of fused-ring (bicyclic) bond motifs is 1. The molecule has 0 amide bonds. The zero-order chi connectivity index (χ0) is 20.4. The lowest BCUT2D eigenvalue weighted by atomic mass is 10.0. The highest BCUT2D eigenvalue weighted by molar-refractivity contribution is 6.34. The average molecular weight is 412 g/mol. The van der Waals surface area contributed by atoms with Crippen molar-refractivity contribution in [1.82, 2.24) is 19.9 Å². The Labute approximate surface area is 175 Å². The first-order valence-corrected chi connectivity index (χ1v) is 10.5. The summed E-state index contributed by atoms with van der Waals surface area (Å²) in [6.45, 7) is 7.42. The fraction of sp³-hybridized carbons (Fsp3) is 0.409. The van der Waals surface area contributed by atoms with Crippen LogP contribution in [0.1, 0.15) is 36.8 Å². The van der Waals surface area contributed by atoms with Crippen LogP contribution >= 0.6 is 11.6 Å². The maximum absolute atomic E-state index is 12.6. The number of hydrogen-bond acceptors (Lipinski definition) is 5. The van der Waals surface area contributed by atoms with E-state index in [1.807, 2.05) is 31.3 Å². The fourth-order valence-electron chi connectivity index (χ4n) is 3.81. The van der Waals surface area contributed by atoms with Gasteiger partial charge in [0.2, 0.25) is 0 Å². The van der Waals surface area contributed by atoms with Gasteiger partial charge in [0.25, 0.3) is 5.56 Å². The predicted molar refractivity (Wildman–Crippen MR) is 118 cm³/mol. The van der Waals surface area contributed by atoms with E-state index in [0.717, 1.165) is 49.4 Å². The van der Waals surface area contributed by atoms with Crippen LogP contribution in [0.5, 0.6) is 0 Å². The van der Waals surface area contributed by atoms with Crippen LogP contribution < -0.4 is 10.9 Å². The Kier molecular flexibility index (Phi) is 5.83. The summed E-state index contributed by atoms with van der Waals surface area (Å²) >= 11 is 6.47. The van der Waals surface area contributed by atoms with E-state index in [2.05, 4.69) is 32.1 Å². The lowest BCUT2D eigenvalue weighted by Gasteiger charge is -2.32. The van der Waals surface area contributed by atoms with Crippen LogP contribution in [0.25, 0.3) is 10.9 Å². The van der Waals surface area contributed by atoms with Crippen LogP contribution in [0.4, 0.5) is 5.69 Å². The number of aromatic amines is 1. The lowest BCUT2D eigenvalue weighted by molar-refractivity contribution is 0.229. The van der Waals surface area contributed by atoms with E-state index in [0.29, 0.717) is 34.2 Å². The Balaban J connectivity index is 1.59. The molecule has 0 saturated carbocycles. The predicted octanol–water partition coefficient (Wildman–Crippen LogP) is 3.77. The van der Waals surface area contributed by atoms with Gasteiger partial charge >= 0.3 is 0 Å². The summed E-state index contributed by atoms with van der Waals surface area (Å²) in [6, 6.07) is 7.96. The first-order valence-electron chi connectivity index (χ1n) is 10.1. The van der Waals surface area contributed by atoms with Gasteiger partial charge in [0.1, 0.15) is 5.82 Å². The highest BCUT2D eigenvalue weighted by Gasteiger charge is 2.19. The summed E-state index contributed by atoms with van der Waals surface area (Å²) in [6.07, 6.45) is 4.50. The first-order chi connectivity index (χ1) is 14.0. The van der Waals surface area contributed by atoms with Crippen molar-refractivity contribution in [2.75, 3.05) is 25.0 Å². The average Bonchev–Trinajstić information content (AvgIpc) is 2.72. The number of likely N-dealkylation sites (tertiary alicyclic amines) is 1. The molecule has 4 rings (SSSR count). The summed E-state index contributed by atoms with van der Waals surface area (Å²) in [5, 5.41) is 4.62. The molecule has 2 aromatic heterocycles. The molecular formula is C22H26ClN5O. The number of benzene rings is 1. The summed E-state index contributed by atoms with van der Waals surface area (Å²) in [4.78, 5) is 26.9. The zero-order valence-electron chi connectivity index (χ0n) is 16.8. The Morgan fingerprint density at radius 3 is 2.76 bits per heavy atom. The van der Waals surface area contributed by atoms with E-state index in [1.54, 1.807) is 6.07 Å². The number of piperidine rings is 1. The minimum absolute atomic E-state index is 0.172. The molecule has 0 atom stereocenters. The highest BCUT2D eigenvalue weighted by atomic mass is 35.5. The minimum Gasteiger partial charge on any atom is -0.381 e. The van der Waals surface area contributed by atoms with Crippen molar-refractivity contribution in [1.29, 1.82) is 0 Å². The third-order valence-electron chi connectivity index (χ3n) is 5.58. The van der Waals surface area contributed by atoms with Crippen LogP contribution in [0.15, 0.2) is 35.3 Å². The Morgan fingerprint density at radius 2 is 2.07 bits per heavy atom. The number of rotatable bonds is 5. The number of aryl methyl sites for hydroxylation is 1. The lowest BCUT2D eigenvalue weighted by Crippen LogP contribution is -2.38. The standard InChI is InChI=1S/C22H26ClN5O/c1-3-28-8-6-16(7-9-28)25-20-12-19-17(11-18(20)23)22(29)27-21(26-19)10-15-5-4-14(2)24-13-15/h4-5,11-13,16,25H,3,6-10H2,1-2H3,(H,26,27,29). The molecule has 0 radical (unpaired) electrons. The van der Waals surface area contributed by atoms with Gasteiger partial charge in [-0.25, -0.2) is 4.98 Å². The molecule has 3 aromatic rings. The van der Waals surface area contributed by atoms with Gasteiger partial charge in [0, 0.05) is 37.4 Å². The summed E-state index contributed by atoms with van der Waals surface area (Å²) in [7, 11) is 0. The smallest absolute Gasteiger partial charge is 0.258 e. The van der Waals surface area contributed by atoms with Gasteiger partial charge in [0.15, 0.2) is 0 Å². The Hall–Kier alpha value is -2.44. The molecule has 0 bridgehead atoms. The van der Waals surface area contributed by atoms with Crippen molar-refractivity contribution in [2.24, 2.45) is 0 Å². The zero-order valence-corrected chi connectivity index (χ0v) is 17.6. The normalized spacial score (nSPS) is 15.7. The number of anilines is 1. The first kappa shape index (κ1) is 19.9. The van der Waals surface area contributed by atoms with Crippen LogP contribution in [-0.2, 0) is 6.42 Å². The SMILES string of the molecule is CCN1CCC(Nc2cc3nc(Cc4ccc(C)nc4)[nH]c(=O)c3cc2Cl)CC1. The van der Waals surface area contributed by atoms with Gasteiger partial charge in [-0.1, -0.05) is 24.6 Å². The number of hydrogen-bond donors (Lipinski definition) is 2. The number of nitrogens with one attached hydrogen (secondary N) is 2. The van der Waals surface area contributed by atoms with Crippen LogP contribution in [0.2, 0.25) is 5.02 Å². The minimum atomic E-state index is -0.172. The van der Waals surface area contributed by atoms with Gasteiger partial charge in [0.05, 0.1) is 21.6 Å². The maximum atomic E-state index is 12.6. The van der Waals surface area contributed by atoms with Gasteiger partial charge in [-0.15, -0.1) is 0 Å². The monoisotopic (exact) mass is 411 g/mol. The molecular weight excluding hydrogens is 386 g/mol. The summed E-state index contributed by atoms with van der Waals surface area (Å²) in [5.41, 5.74) is 3.29. The largest absolute Gasteiger partial charge is 0.381 e. The molecule has 0 spiro atoms. The second-order valence-corrected chi connectivity index (χ2v) is 8.11. The molecule has 1 aromatic carbocycles. The molecule has 3 heterocycles. The third-order valence-corrected chi connectivity index (χ3v) is 5.89. The third kappa shape index (κ3) is 4.60. The number of nitrogens with zero attached hydrogens (tertiary/aromatic N) is 3. The Bertz CT molecular complexity index is 1060. The van der Waals surface area contributed by atoms with E-state index < -0.39 is 0 Å². The van der Waals surface area contributed by atoms with Crippen molar-refractivity contribution in [3.8, 4) is 0 Å². The fourth-order valence-corrected chi connectivity index (χ4v) is 4.03. The van der Waals surface area contributed by atoms with E-state index in [-0.39, 0.29) is 5.56 Å². The van der Waals surface area contributed by atoms with E-state index in [1.165, 1.54) is 0 Å². The second kappa shape index (κ2) is 8.51. The molecule has 0 unspecified atom stereocenters. The highest BCUT2D eigenvalue weighted by Crippen LogP contribution is 2.28. The van der Waals surface area contributed by atoms with Crippen LogP contribution in [0.3, 0.4) is 0 Å². The molecule has 7 heteroatoms. The Morgan fingerprint density at radius 1 is 1.28 bits per heavy atom. The van der Waals surface area contributed by atoms with Crippen molar-refractivity contribution < 1.29 is 0 Å². The molecule has 0 aliphatic carbocycles. The van der Waals surface area contributed by atoms with Gasteiger partial charge in [-0.2, -0.15) is 0 Å². The molecule has 1 aliphatic rings. The van der Waals surface area contributed by atoms with Crippen molar-refractivity contribution in [3.63, 3.8) is 0 Å². The van der Waals surface area contributed by atoms with Crippen molar-refractivity contribution in [3.05, 3.63) is 62.9 Å². The topological polar surface area (TPSA) is 73.9 Å². The van der Waals surface area contributed by atoms with Gasteiger partial charge < -0.3 is 15.2 Å². The molecule has 1 aliphatic heterocycles. The molecule has 152 valence electrons. The summed E-state index contributed by atoms with van der Waals surface area (Å²) < 4.78 is 0. The number of halogens is 1. The van der Waals surface area contributed by atoms with E-state index in [4.69, 9.17) is 11.6 Å². The van der Waals surface area contributed by atoms with Crippen molar-refractivity contribution in [2.45, 2.75) is 39.2 Å². The number of aromatic nitrogens is 3. The van der Waals surface area contributed by atoms with E-state index in [9.17, 15) is 4.79 Å². The molecule has 29 heavy (non-hydrogen) atoms. The van der Waals surface area contributed by atoms with Gasteiger partial charge in [-0.3, -0.25) is 9.78 Å². The molecule has 6 nitrogen and oxygen atoms in total. The molecule has 2 N–H and O–H groups in total. The molecule has 1 fully saturated rings. The second-order valence-electron chi connectivity index (χ2n) is 7.70. The number of pyridine rings is 1. The van der Waals surface area contributed by atoms with Crippen molar-refractivity contribution >= 4 is 28.2 Å². The molecule has 1 saturated heterocycles.